The van der Waals surface area contributed by atoms with Gasteiger partial charge in [-0.2, -0.15) is 0 Å². The van der Waals surface area contributed by atoms with Crippen LogP contribution in [0.1, 0.15) is 20.3 Å². The van der Waals surface area contributed by atoms with Crippen molar-refractivity contribution in [2.75, 3.05) is 38.3 Å². The number of rotatable bonds is 7. The van der Waals surface area contributed by atoms with Crippen LogP contribution in [-0.2, 0) is 4.74 Å². The van der Waals surface area contributed by atoms with Gasteiger partial charge in [-0.3, -0.25) is 0 Å². The van der Waals surface area contributed by atoms with Crippen molar-refractivity contribution in [2.45, 2.75) is 20.3 Å². The molecule has 1 N–H and O–H groups in total. The van der Waals surface area contributed by atoms with Crippen LogP contribution in [0.15, 0.2) is 18.2 Å². The summed E-state index contributed by atoms with van der Waals surface area (Å²) in [4.78, 5) is 0. The zero-order valence-electron chi connectivity index (χ0n) is 11.8. The lowest BCUT2D eigenvalue weighted by atomic mass is 10.1. The molecule has 1 unspecified atom stereocenters. The molecule has 1 aliphatic rings. The fourth-order valence-electron chi connectivity index (χ4n) is 2.17. The zero-order valence-corrected chi connectivity index (χ0v) is 11.8. The van der Waals surface area contributed by atoms with Crippen molar-refractivity contribution >= 4 is 5.69 Å². The SMILES string of the molecule is CCOc1ccc(NCC2CCOC2)cc1OCC. The van der Waals surface area contributed by atoms with Gasteiger partial charge in [0.1, 0.15) is 0 Å². The lowest BCUT2D eigenvalue weighted by Crippen LogP contribution is -2.14. The molecule has 1 aromatic rings. The van der Waals surface area contributed by atoms with Crippen molar-refractivity contribution < 1.29 is 14.2 Å². The van der Waals surface area contributed by atoms with Gasteiger partial charge in [0, 0.05) is 30.8 Å². The van der Waals surface area contributed by atoms with Crippen molar-refractivity contribution in [3.63, 3.8) is 0 Å². The summed E-state index contributed by atoms with van der Waals surface area (Å²) in [6, 6.07) is 6.00. The third-order valence-corrected chi connectivity index (χ3v) is 3.16. The molecule has 19 heavy (non-hydrogen) atoms. The first kappa shape index (κ1) is 14.0. The maximum Gasteiger partial charge on any atom is 0.163 e. The Morgan fingerprint density at radius 1 is 1.21 bits per heavy atom. The first-order valence-electron chi connectivity index (χ1n) is 7.04. The monoisotopic (exact) mass is 265 g/mol. The highest BCUT2D eigenvalue weighted by Gasteiger charge is 2.15. The van der Waals surface area contributed by atoms with Crippen LogP contribution in [-0.4, -0.2) is 33.0 Å². The molecule has 2 rings (SSSR count). The fraction of sp³-hybridized carbons (Fsp3) is 0.600. The summed E-state index contributed by atoms with van der Waals surface area (Å²) in [6.45, 7) is 7.93. The van der Waals surface area contributed by atoms with Gasteiger partial charge in [-0.25, -0.2) is 0 Å². The Bertz CT molecular complexity index is 389. The summed E-state index contributed by atoms with van der Waals surface area (Å²) in [5.41, 5.74) is 1.07. The number of hydrogen-bond donors (Lipinski definition) is 1. The zero-order chi connectivity index (χ0) is 13.5. The molecule has 0 saturated carbocycles. The summed E-state index contributed by atoms with van der Waals surface area (Å²) in [5, 5.41) is 3.44. The van der Waals surface area contributed by atoms with E-state index in [0.29, 0.717) is 19.1 Å². The van der Waals surface area contributed by atoms with E-state index in [4.69, 9.17) is 14.2 Å². The van der Waals surface area contributed by atoms with Crippen molar-refractivity contribution in [2.24, 2.45) is 5.92 Å². The van der Waals surface area contributed by atoms with E-state index in [1.807, 2.05) is 32.0 Å². The Labute approximate surface area is 115 Å². The summed E-state index contributed by atoms with van der Waals surface area (Å²) < 4.78 is 16.5. The van der Waals surface area contributed by atoms with Crippen LogP contribution >= 0.6 is 0 Å². The Kier molecular flexibility index (Phi) is 5.33. The molecule has 1 aromatic carbocycles. The van der Waals surface area contributed by atoms with Crippen molar-refractivity contribution in [3.8, 4) is 11.5 Å². The van der Waals surface area contributed by atoms with E-state index in [0.717, 1.165) is 43.4 Å². The molecule has 1 atom stereocenters. The summed E-state index contributed by atoms with van der Waals surface area (Å²) in [6.07, 6.45) is 1.14. The molecule has 4 nitrogen and oxygen atoms in total. The maximum atomic E-state index is 5.61. The van der Waals surface area contributed by atoms with Gasteiger partial charge in [-0.1, -0.05) is 0 Å². The second-order valence-corrected chi connectivity index (χ2v) is 4.64. The lowest BCUT2D eigenvalue weighted by molar-refractivity contribution is 0.187. The van der Waals surface area contributed by atoms with E-state index in [-0.39, 0.29) is 0 Å². The molecule has 0 bridgehead atoms. The van der Waals surface area contributed by atoms with Crippen LogP contribution in [0.2, 0.25) is 0 Å². The maximum absolute atomic E-state index is 5.61. The Morgan fingerprint density at radius 3 is 2.68 bits per heavy atom. The average molecular weight is 265 g/mol. The first-order chi connectivity index (χ1) is 9.33. The van der Waals surface area contributed by atoms with E-state index >= 15 is 0 Å². The number of anilines is 1. The normalized spacial score (nSPS) is 18.3. The highest BCUT2D eigenvalue weighted by molar-refractivity contribution is 5.54. The Hall–Kier alpha value is -1.42. The standard InChI is InChI=1S/C15H23NO3/c1-3-18-14-6-5-13(9-15(14)19-4-2)16-10-12-7-8-17-11-12/h5-6,9,12,16H,3-4,7-8,10-11H2,1-2H3. The molecular formula is C15H23NO3. The lowest BCUT2D eigenvalue weighted by Gasteiger charge is -2.15. The Balaban J connectivity index is 1.97. The van der Waals surface area contributed by atoms with Crippen LogP contribution in [0.3, 0.4) is 0 Å². The summed E-state index contributed by atoms with van der Waals surface area (Å²) in [5.74, 6) is 2.22. The van der Waals surface area contributed by atoms with E-state index in [9.17, 15) is 0 Å². The minimum atomic E-state index is 0.613. The third kappa shape index (κ3) is 4.03. The quantitative estimate of drug-likeness (QED) is 0.823. The molecule has 106 valence electrons. The van der Waals surface area contributed by atoms with Gasteiger partial charge in [0.2, 0.25) is 0 Å². The number of nitrogens with one attached hydrogen (secondary N) is 1. The number of hydrogen-bond acceptors (Lipinski definition) is 4. The fourth-order valence-corrected chi connectivity index (χ4v) is 2.17. The molecule has 1 fully saturated rings. The topological polar surface area (TPSA) is 39.7 Å². The Morgan fingerprint density at radius 2 is 2.00 bits per heavy atom. The second kappa shape index (κ2) is 7.24. The van der Waals surface area contributed by atoms with Gasteiger partial charge in [0.05, 0.1) is 19.8 Å². The smallest absolute Gasteiger partial charge is 0.163 e. The third-order valence-electron chi connectivity index (χ3n) is 3.16. The molecule has 0 amide bonds. The van der Waals surface area contributed by atoms with E-state index in [2.05, 4.69) is 5.32 Å². The predicted molar refractivity (Wildman–Crippen MR) is 76.2 cm³/mol. The largest absolute Gasteiger partial charge is 0.490 e. The van der Waals surface area contributed by atoms with E-state index < -0.39 is 0 Å². The number of benzene rings is 1. The molecule has 4 heteroatoms. The predicted octanol–water partition coefficient (Wildman–Crippen LogP) is 2.93. The minimum absolute atomic E-state index is 0.613. The molecule has 0 spiro atoms. The number of ether oxygens (including phenoxy) is 3. The average Bonchev–Trinajstić information content (AvgIpc) is 2.93. The van der Waals surface area contributed by atoms with Gasteiger partial charge in [0.25, 0.3) is 0 Å². The van der Waals surface area contributed by atoms with Gasteiger partial charge >= 0.3 is 0 Å². The second-order valence-electron chi connectivity index (χ2n) is 4.64. The van der Waals surface area contributed by atoms with Crippen LogP contribution < -0.4 is 14.8 Å². The van der Waals surface area contributed by atoms with Crippen LogP contribution in [0.25, 0.3) is 0 Å². The highest BCUT2D eigenvalue weighted by Crippen LogP contribution is 2.30. The molecule has 0 aromatic heterocycles. The van der Waals surface area contributed by atoms with E-state index in [1.165, 1.54) is 0 Å². The minimum Gasteiger partial charge on any atom is -0.490 e. The highest BCUT2D eigenvalue weighted by atomic mass is 16.5. The molecule has 1 aliphatic heterocycles. The van der Waals surface area contributed by atoms with Crippen molar-refractivity contribution in [1.29, 1.82) is 0 Å². The first-order valence-corrected chi connectivity index (χ1v) is 7.04. The van der Waals surface area contributed by atoms with Gasteiger partial charge in [-0.05, 0) is 32.4 Å². The van der Waals surface area contributed by atoms with Crippen LogP contribution in [0.4, 0.5) is 5.69 Å². The molecule has 1 saturated heterocycles. The molecule has 0 radical (unpaired) electrons. The van der Waals surface area contributed by atoms with Crippen LogP contribution in [0, 0.1) is 5.92 Å². The van der Waals surface area contributed by atoms with Gasteiger partial charge in [-0.15, -0.1) is 0 Å². The van der Waals surface area contributed by atoms with Crippen molar-refractivity contribution in [1.82, 2.24) is 0 Å². The van der Waals surface area contributed by atoms with Crippen molar-refractivity contribution in [3.05, 3.63) is 18.2 Å². The summed E-state index contributed by atoms with van der Waals surface area (Å²) in [7, 11) is 0. The molecule has 0 aliphatic carbocycles. The molecule has 1 heterocycles. The van der Waals surface area contributed by atoms with Crippen LogP contribution in [0.5, 0.6) is 11.5 Å². The van der Waals surface area contributed by atoms with Gasteiger partial charge in [0.15, 0.2) is 11.5 Å². The van der Waals surface area contributed by atoms with E-state index in [1.54, 1.807) is 0 Å². The summed E-state index contributed by atoms with van der Waals surface area (Å²) >= 11 is 0. The van der Waals surface area contributed by atoms with Gasteiger partial charge < -0.3 is 19.5 Å². The molecular weight excluding hydrogens is 242 g/mol.